The summed E-state index contributed by atoms with van der Waals surface area (Å²) in [6, 6.07) is 0. The molecule has 0 bridgehead atoms. The maximum atomic E-state index is 11.2. The number of carbonyl (C=O) groups is 1. The highest BCUT2D eigenvalue weighted by molar-refractivity contribution is 5.87. The molecular weight excluding hydrogens is 190 g/mol. The van der Waals surface area contributed by atoms with E-state index in [4.69, 9.17) is 12.2 Å². The summed E-state index contributed by atoms with van der Waals surface area (Å²) in [6.45, 7) is 2.47. The molecule has 15 heavy (non-hydrogen) atoms. The van der Waals surface area contributed by atoms with Crippen molar-refractivity contribution in [3.63, 3.8) is 0 Å². The van der Waals surface area contributed by atoms with Gasteiger partial charge < -0.3 is 11.1 Å². The van der Waals surface area contributed by atoms with Gasteiger partial charge in [-0.2, -0.15) is 0 Å². The minimum atomic E-state index is -0.0856. The van der Waals surface area contributed by atoms with Gasteiger partial charge in [-0.15, -0.1) is 6.42 Å². The summed E-state index contributed by atoms with van der Waals surface area (Å²) < 4.78 is 0. The van der Waals surface area contributed by atoms with Crippen molar-refractivity contribution in [1.82, 2.24) is 10.2 Å². The van der Waals surface area contributed by atoms with Crippen molar-refractivity contribution in [1.29, 1.82) is 0 Å². The van der Waals surface area contributed by atoms with Gasteiger partial charge >= 0.3 is 0 Å². The van der Waals surface area contributed by atoms with Crippen LogP contribution in [0.25, 0.3) is 0 Å². The lowest BCUT2D eigenvalue weighted by molar-refractivity contribution is -0.116. The number of rotatable bonds is 7. The van der Waals surface area contributed by atoms with E-state index in [2.05, 4.69) is 11.2 Å². The lowest BCUT2D eigenvalue weighted by Crippen LogP contribution is -2.24. The van der Waals surface area contributed by atoms with E-state index in [9.17, 15) is 4.79 Å². The number of hydrogen-bond donors (Lipinski definition) is 2. The average molecular weight is 209 g/mol. The van der Waals surface area contributed by atoms with E-state index in [1.165, 1.54) is 6.08 Å². The topological polar surface area (TPSA) is 58.4 Å². The van der Waals surface area contributed by atoms with Crippen molar-refractivity contribution in [2.45, 2.75) is 6.42 Å². The predicted molar refractivity (Wildman–Crippen MR) is 62.2 cm³/mol. The molecule has 0 saturated carbocycles. The van der Waals surface area contributed by atoms with E-state index in [0.29, 0.717) is 26.2 Å². The van der Waals surface area contributed by atoms with Gasteiger partial charge in [0.1, 0.15) is 0 Å². The number of likely N-dealkylation sites (N-methyl/N-ethyl adjacent to an activating group) is 1. The Kier molecular flexibility index (Phi) is 8.44. The van der Waals surface area contributed by atoms with Crippen LogP contribution < -0.4 is 11.1 Å². The number of nitrogens with one attached hydrogen (secondary N) is 1. The molecule has 0 aliphatic rings. The van der Waals surface area contributed by atoms with Gasteiger partial charge in [-0.25, -0.2) is 0 Å². The van der Waals surface area contributed by atoms with Gasteiger partial charge in [-0.1, -0.05) is 12.0 Å². The fraction of sp³-hybridized carbons (Fsp3) is 0.545. The Balaban J connectivity index is 3.58. The van der Waals surface area contributed by atoms with Crippen LogP contribution in [0.3, 0.4) is 0 Å². The molecule has 0 aliphatic heterocycles. The summed E-state index contributed by atoms with van der Waals surface area (Å²) in [7, 11) is 1.90. The summed E-state index contributed by atoms with van der Waals surface area (Å²) in [4.78, 5) is 13.1. The first-order chi connectivity index (χ1) is 7.20. The van der Waals surface area contributed by atoms with Crippen LogP contribution in [0.1, 0.15) is 6.42 Å². The van der Waals surface area contributed by atoms with E-state index >= 15 is 0 Å². The number of terminal acetylenes is 1. The number of carbonyl (C=O) groups excluding carboxylic acids is 1. The Bertz CT molecular complexity index is 243. The van der Waals surface area contributed by atoms with Gasteiger partial charge in [0.2, 0.25) is 5.91 Å². The zero-order valence-electron chi connectivity index (χ0n) is 9.20. The van der Waals surface area contributed by atoms with Crippen molar-refractivity contribution in [3.8, 4) is 12.3 Å². The molecule has 1 amide bonds. The minimum absolute atomic E-state index is 0.0856. The van der Waals surface area contributed by atoms with Crippen LogP contribution in [0.15, 0.2) is 12.2 Å². The fourth-order valence-corrected chi connectivity index (χ4v) is 0.933. The van der Waals surface area contributed by atoms with Crippen LogP contribution in [0.5, 0.6) is 0 Å². The molecule has 4 nitrogen and oxygen atoms in total. The third-order valence-electron chi connectivity index (χ3n) is 1.73. The van der Waals surface area contributed by atoms with Crippen molar-refractivity contribution in [3.05, 3.63) is 12.2 Å². The van der Waals surface area contributed by atoms with Crippen molar-refractivity contribution < 1.29 is 4.79 Å². The SMILES string of the molecule is C#CCN(C)C/C=C/C(=O)NCCCN. The van der Waals surface area contributed by atoms with Gasteiger partial charge in [-0.05, 0) is 20.0 Å². The average Bonchev–Trinajstić information content (AvgIpc) is 2.18. The molecule has 0 heterocycles. The summed E-state index contributed by atoms with van der Waals surface area (Å²) in [5.41, 5.74) is 5.29. The van der Waals surface area contributed by atoms with Gasteiger partial charge in [0.05, 0.1) is 6.54 Å². The van der Waals surface area contributed by atoms with Gasteiger partial charge in [0, 0.05) is 19.2 Å². The lowest BCUT2D eigenvalue weighted by atomic mass is 10.4. The largest absolute Gasteiger partial charge is 0.353 e. The van der Waals surface area contributed by atoms with Crippen LogP contribution in [0.4, 0.5) is 0 Å². The van der Waals surface area contributed by atoms with Crippen molar-refractivity contribution in [2.75, 3.05) is 33.2 Å². The van der Waals surface area contributed by atoms with E-state index in [0.717, 1.165) is 6.42 Å². The molecule has 3 N–H and O–H groups in total. The number of amides is 1. The molecule has 0 aromatic carbocycles. The zero-order chi connectivity index (χ0) is 11.5. The molecule has 0 saturated heterocycles. The third kappa shape index (κ3) is 9.01. The highest BCUT2D eigenvalue weighted by Gasteiger charge is 1.94. The second kappa shape index (κ2) is 9.25. The molecule has 0 rings (SSSR count). The summed E-state index contributed by atoms with van der Waals surface area (Å²) in [6.07, 6.45) is 9.24. The zero-order valence-corrected chi connectivity index (χ0v) is 9.20. The van der Waals surface area contributed by atoms with Crippen molar-refractivity contribution >= 4 is 5.91 Å². The first-order valence-electron chi connectivity index (χ1n) is 4.97. The Hall–Kier alpha value is -1.31. The molecular formula is C11H19N3O. The minimum Gasteiger partial charge on any atom is -0.353 e. The Morgan fingerprint density at radius 2 is 2.40 bits per heavy atom. The summed E-state index contributed by atoms with van der Waals surface area (Å²) in [5.74, 6) is 2.44. The number of nitrogens with two attached hydrogens (primary N) is 1. The van der Waals surface area contributed by atoms with E-state index in [1.807, 2.05) is 11.9 Å². The molecule has 4 heteroatoms. The maximum Gasteiger partial charge on any atom is 0.243 e. The van der Waals surface area contributed by atoms with Gasteiger partial charge in [-0.3, -0.25) is 9.69 Å². The smallest absolute Gasteiger partial charge is 0.243 e. The second-order valence-electron chi connectivity index (χ2n) is 3.24. The van der Waals surface area contributed by atoms with Gasteiger partial charge in [0.15, 0.2) is 0 Å². The Labute approximate surface area is 91.5 Å². The lowest BCUT2D eigenvalue weighted by Gasteiger charge is -2.08. The van der Waals surface area contributed by atoms with Crippen LogP contribution in [-0.2, 0) is 4.79 Å². The first kappa shape index (κ1) is 13.7. The van der Waals surface area contributed by atoms with Crippen LogP contribution in [0, 0.1) is 12.3 Å². The Morgan fingerprint density at radius 1 is 1.67 bits per heavy atom. The van der Waals surface area contributed by atoms with Crippen LogP contribution in [-0.4, -0.2) is 44.0 Å². The van der Waals surface area contributed by atoms with Crippen LogP contribution in [0.2, 0.25) is 0 Å². The highest BCUT2D eigenvalue weighted by Crippen LogP contribution is 1.82. The molecule has 0 radical (unpaired) electrons. The monoisotopic (exact) mass is 209 g/mol. The number of hydrogen-bond acceptors (Lipinski definition) is 3. The molecule has 0 spiro atoms. The molecule has 0 fully saturated rings. The molecule has 84 valence electrons. The number of nitrogens with zero attached hydrogens (tertiary/aromatic N) is 1. The second-order valence-corrected chi connectivity index (χ2v) is 3.24. The van der Waals surface area contributed by atoms with Gasteiger partial charge in [0.25, 0.3) is 0 Å². The fourth-order valence-electron chi connectivity index (χ4n) is 0.933. The summed E-state index contributed by atoms with van der Waals surface area (Å²) in [5, 5.41) is 2.72. The quantitative estimate of drug-likeness (QED) is 0.340. The van der Waals surface area contributed by atoms with E-state index in [1.54, 1.807) is 6.08 Å². The highest BCUT2D eigenvalue weighted by atomic mass is 16.1. The van der Waals surface area contributed by atoms with Crippen LogP contribution >= 0.6 is 0 Å². The van der Waals surface area contributed by atoms with Crippen molar-refractivity contribution in [2.24, 2.45) is 5.73 Å². The third-order valence-corrected chi connectivity index (χ3v) is 1.73. The molecule has 0 aromatic rings. The standard InChI is InChI=1S/C11H19N3O/c1-3-9-14(2)10-4-6-11(15)13-8-5-7-12/h1,4,6H,5,7-10,12H2,2H3,(H,13,15)/b6-4+. The first-order valence-corrected chi connectivity index (χ1v) is 4.97. The Morgan fingerprint density at radius 3 is 3.00 bits per heavy atom. The molecule has 0 aromatic heterocycles. The predicted octanol–water partition coefficient (Wildman–Crippen LogP) is -0.427. The van der Waals surface area contributed by atoms with E-state index in [-0.39, 0.29) is 5.91 Å². The summed E-state index contributed by atoms with van der Waals surface area (Å²) >= 11 is 0. The molecule has 0 atom stereocenters. The molecule has 0 unspecified atom stereocenters. The maximum absolute atomic E-state index is 11.2. The van der Waals surface area contributed by atoms with E-state index < -0.39 is 0 Å². The molecule has 0 aliphatic carbocycles. The normalized spacial score (nSPS) is 10.5.